The predicted octanol–water partition coefficient (Wildman–Crippen LogP) is 3.62. The Morgan fingerprint density at radius 1 is 1.23 bits per heavy atom. The normalized spacial score (nSPS) is 17.5. The van der Waals surface area contributed by atoms with Gasteiger partial charge in [0.05, 0.1) is 19.2 Å². The number of ether oxygens (including phenoxy) is 2. The lowest BCUT2D eigenvalue weighted by Gasteiger charge is -2.37. The van der Waals surface area contributed by atoms with E-state index in [0.29, 0.717) is 29.1 Å². The number of nitrogens with two attached hydrogens (primary N) is 1. The number of likely N-dealkylation sites (N-methyl/N-ethyl adjacent to an activating group) is 1. The van der Waals surface area contributed by atoms with Gasteiger partial charge in [-0.25, -0.2) is 0 Å². The molecule has 1 fully saturated rings. The van der Waals surface area contributed by atoms with E-state index in [1.54, 1.807) is 14.2 Å². The first-order valence-electron chi connectivity index (χ1n) is 7.95. The van der Waals surface area contributed by atoms with Crippen LogP contribution in [-0.4, -0.2) is 38.8 Å². The molecule has 5 heteroatoms. The van der Waals surface area contributed by atoms with E-state index in [9.17, 15) is 0 Å². The van der Waals surface area contributed by atoms with E-state index in [4.69, 9.17) is 26.8 Å². The van der Waals surface area contributed by atoms with E-state index in [2.05, 4.69) is 11.9 Å². The fourth-order valence-corrected chi connectivity index (χ4v) is 3.71. The summed E-state index contributed by atoms with van der Waals surface area (Å²) < 4.78 is 10.7. The highest BCUT2D eigenvalue weighted by atomic mass is 35.5. The molecule has 2 N–H and O–H groups in total. The van der Waals surface area contributed by atoms with Crippen molar-refractivity contribution in [1.29, 1.82) is 0 Å². The summed E-state index contributed by atoms with van der Waals surface area (Å²) in [6, 6.07) is 4.66. The Balaban J connectivity index is 2.28. The van der Waals surface area contributed by atoms with Gasteiger partial charge in [-0.15, -0.1) is 0 Å². The summed E-state index contributed by atoms with van der Waals surface area (Å²) in [4.78, 5) is 2.40. The van der Waals surface area contributed by atoms with Crippen LogP contribution >= 0.6 is 11.6 Å². The highest BCUT2D eigenvalue weighted by molar-refractivity contribution is 6.32. The fraction of sp³-hybridized carbons (Fsp3) is 0.647. The van der Waals surface area contributed by atoms with E-state index < -0.39 is 0 Å². The van der Waals surface area contributed by atoms with Crippen molar-refractivity contribution in [2.75, 3.05) is 27.8 Å². The van der Waals surface area contributed by atoms with Gasteiger partial charge in [-0.05, 0) is 37.6 Å². The first-order chi connectivity index (χ1) is 10.6. The first kappa shape index (κ1) is 17.4. The molecule has 1 unspecified atom stereocenters. The van der Waals surface area contributed by atoms with Crippen LogP contribution in [0.3, 0.4) is 0 Å². The molecule has 0 spiro atoms. The molecular weight excluding hydrogens is 300 g/mol. The molecule has 0 heterocycles. The summed E-state index contributed by atoms with van der Waals surface area (Å²) >= 11 is 6.34. The van der Waals surface area contributed by atoms with Crippen molar-refractivity contribution in [3.63, 3.8) is 0 Å². The molecule has 1 aromatic rings. The molecule has 0 aliphatic heterocycles. The summed E-state index contributed by atoms with van der Waals surface area (Å²) in [5, 5.41) is 0.562. The average Bonchev–Trinajstić information content (AvgIpc) is 2.55. The van der Waals surface area contributed by atoms with E-state index in [-0.39, 0.29) is 6.04 Å². The molecule has 22 heavy (non-hydrogen) atoms. The number of methoxy groups -OCH3 is 2. The Bertz CT molecular complexity index is 490. The molecule has 0 radical (unpaired) electrons. The van der Waals surface area contributed by atoms with Gasteiger partial charge >= 0.3 is 0 Å². The molecule has 4 nitrogen and oxygen atoms in total. The third kappa shape index (κ3) is 3.67. The molecule has 2 rings (SSSR count). The van der Waals surface area contributed by atoms with E-state index in [1.807, 2.05) is 12.1 Å². The minimum absolute atomic E-state index is 0.139. The lowest BCUT2D eigenvalue weighted by Crippen LogP contribution is -2.39. The van der Waals surface area contributed by atoms with E-state index >= 15 is 0 Å². The van der Waals surface area contributed by atoms with Crippen LogP contribution in [0.2, 0.25) is 5.02 Å². The molecule has 1 aliphatic carbocycles. The SMILES string of the molecule is COc1cc(C(CN)N(C)C2CCCCC2)cc(Cl)c1OC. The molecule has 1 saturated carbocycles. The van der Waals surface area contributed by atoms with Gasteiger partial charge in [-0.1, -0.05) is 30.9 Å². The average molecular weight is 327 g/mol. The van der Waals surface area contributed by atoms with Crippen molar-refractivity contribution in [1.82, 2.24) is 4.90 Å². The zero-order valence-corrected chi connectivity index (χ0v) is 14.5. The molecule has 124 valence electrons. The number of hydrogen-bond acceptors (Lipinski definition) is 4. The topological polar surface area (TPSA) is 47.7 Å². The number of halogens is 1. The maximum absolute atomic E-state index is 6.34. The lowest BCUT2D eigenvalue weighted by atomic mass is 9.92. The quantitative estimate of drug-likeness (QED) is 0.867. The third-order valence-electron chi connectivity index (χ3n) is 4.71. The smallest absolute Gasteiger partial charge is 0.179 e. The number of rotatable bonds is 6. The Hall–Kier alpha value is -0.970. The van der Waals surface area contributed by atoms with Crippen LogP contribution in [-0.2, 0) is 0 Å². The molecule has 0 bridgehead atoms. The lowest BCUT2D eigenvalue weighted by molar-refractivity contribution is 0.140. The second-order valence-corrected chi connectivity index (χ2v) is 6.35. The van der Waals surface area contributed by atoms with E-state index in [1.165, 1.54) is 32.1 Å². The zero-order valence-electron chi connectivity index (χ0n) is 13.8. The van der Waals surface area contributed by atoms with Crippen molar-refractivity contribution in [3.05, 3.63) is 22.7 Å². The number of hydrogen-bond donors (Lipinski definition) is 1. The maximum Gasteiger partial charge on any atom is 0.179 e. The standard InChI is InChI=1S/C17H27ClN2O2/c1-20(13-7-5-4-6-8-13)15(11-19)12-9-14(18)17(22-3)16(10-12)21-2/h9-10,13,15H,4-8,11,19H2,1-3H3. The Labute approximate surface area is 138 Å². The summed E-state index contributed by atoms with van der Waals surface area (Å²) in [6.07, 6.45) is 6.44. The van der Waals surface area contributed by atoms with Crippen LogP contribution in [0.4, 0.5) is 0 Å². The molecule has 0 amide bonds. The summed E-state index contributed by atoms with van der Waals surface area (Å²) in [7, 11) is 5.39. The van der Waals surface area contributed by atoms with Crippen LogP contribution in [0.5, 0.6) is 11.5 Å². The van der Waals surface area contributed by atoms with Crippen LogP contribution in [0.15, 0.2) is 12.1 Å². The molecular formula is C17H27ClN2O2. The summed E-state index contributed by atoms with van der Waals surface area (Å²) in [5.74, 6) is 1.23. The van der Waals surface area contributed by atoms with Gasteiger partial charge in [0.2, 0.25) is 0 Å². The highest BCUT2D eigenvalue weighted by Gasteiger charge is 2.26. The Morgan fingerprint density at radius 2 is 1.91 bits per heavy atom. The van der Waals surface area contributed by atoms with Crippen molar-refractivity contribution < 1.29 is 9.47 Å². The Kier molecular flexibility index (Phi) is 6.36. The maximum atomic E-state index is 6.34. The van der Waals surface area contributed by atoms with Crippen LogP contribution < -0.4 is 15.2 Å². The van der Waals surface area contributed by atoms with Crippen molar-refractivity contribution >= 4 is 11.6 Å². The van der Waals surface area contributed by atoms with Gasteiger partial charge in [-0.2, -0.15) is 0 Å². The third-order valence-corrected chi connectivity index (χ3v) is 4.99. The second-order valence-electron chi connectivity index (χ2n) is 5.95. The highest BCUT2D eigenvalue weighted by Crippen LogP contribution is 2.39. The van der Waals surface area contributed by atoms with Crippen LogP contribution in [0.25, 0.3) is 0 Å². The number of nitrogens with zero attached hydrogens (tertiary/aromatic N) is 1. The number of benzene rings is 1. The van der Waals surface area contributed by atoms with Gasteiger partial charge in [-0.3, -0.25) is 4.90 Å². The molecule has 1 atom stereocenters. The second kappa shape index (κ2) is 8.04. The molecule has 0 saturated heterocycles. The molecule has 1 aliphatic rings. The molecule has 0 aromatic heterocycles. The zero-order chi connectivity index (χ0) is 16.1. The predicted molar refractivity (Wildman–Crippen MR) is 91.0 cm³/mol. The van der Waals surface area contributed by atoms with Gasteiger partial charge in [0, 0.05) is 18.6 Å². The Morgan fingerprint density at radius 3 is 2.45 bits per heavy atom. The van der Waals surface area contributed by atoms with E-state index in [0.717, 1.165) is 5.56 Å². The largest absolute Gasteiger partial charge is 0.493 e. The monoisotopic (exact) mass is 326 g/mol. The molecule has 1 aromatic carbocycles. The minimum atomic E-state index is 0.139. The van der Waals surface area contributed by atoms with Gasteiger partial charge in [0.1, 0.15) is 0 Å². The summed E-state index contributed by atoms with van der Waals surface area (Å²) in [6.45, 7) is 0.554. The van der Waals surface area contributed by atoms with Gasteiger partial charge in [0.25, 0.3) is 0 Å². The first-order valence-corrected chi connectivity index (χ1v) is 8.33. The summed E-state index contributed by atoms with van der Waals surface area (Å²) in [5.41, 5.74) is 7.15. The van der Waals surface area contributed by atoms with Crippen molar-refractivity contribution in [3.8, 4) is 11.5 Å². The van der Waals surface area contributed by atoms with Gasteiger partial charge < -0.3 is 15.2 Å². The van der Waals surface area contributed by atoms with Crippen LogP contribution in [0.1, 0.15) is 43.7 Å². The van der Waals surface area contributed by atoms with Gasteiger partial charge in [0.15, 0.2) is 11.5 Å². The minimum Gasteiger partial charge on any atom is -0.493 e. The van der Waals surface area contributed by atoms with Crippen molar-refractivity contribution in [2.45, 2.75) is 44.2 Å². The van der Waals surface area contributed by atoms with Crippen LogP contribution in [0, 0.1) is 0 Å². The van der Waals surface area contributed by atoms with Crippen molar-refractivity contribution in [2.24, 2.45) is 5.73 Å². The fourth-order valence-electron chi connectivity index (χ4n) is 3.41.